The van der Waals surface area contributed by atoms with Crippen LogP contribution in [0.4, 0.5) is 0 Å². The molecule has 0 bridgehead atoms. The second kappa shape index (κ2) is 5.23. The third-order valence-corrected chi connectivity index (χ3v) is 3.41. The number of phenolic OH excluding ortho intramolecular Hbond substituents is 1. The Labute approximate surface area is 104 Å². The topological polar surface area (TPSA) is 61.7 Å². The van der Waals surface area contributed by atoms with Gasteiger partial charge >= 0.3 is 0 Å². The first kappa shape index (κ1) is 12.0. The molecule has 1 heterocycles. The molecule has 17 heavy (non-hydrogen) atoms. The normalized spacial score (nSPS) is 14.5. The van der Waals surface area contributed by atoms with Crippen molar-refractivity contribution >= 4 is 22.8 Å². The minimum absolute atomic E-state index is 0.00305. The number of aryl methyl sites for hydroxylation is 1. The maximum Gasteiger partial charge on any atom is 0.260 e. The third-order valence-electron chi connectivity index (χ3n) is 2.52. The highest BCUT2D eigenvalue weighted by molar-refractivity contribution is 8.14. The van der Waals surface area contributed by atoms with Crippen molar-refractivity contribution < 1.29 is 9.90 Å². The molecule has 0 unspecified atom stereocenters. The molecule has 1 aromatic rings. The van der Waals surface area contributed by atoms with Gasteiger partial charge in [-0.15, -0.1) is 0 Å². The fourth-order valence-electron chi connectivity index (χ4n) is 1.56. The summed E-state index contributed by atoms with van der Waals surface area (Å²) in [5.41, 5.74) is 1.33. The van der Waals surface area contributed by atoms with E-state index in [1.54, 1.807) is 12.1 Å². The average Bonchev–Trinajstić information content (AvgIpc) is 2.82. The van der Waals surface area contributed by atoms with E-state index in [9.17, 15) is 9.90 Å². The van der Waals surface area contributed by atoms with E-state index in [0.717, 1.165) is 24.3 Å². The van der Waals surface area contributed by atoms with Gasteiger partial charge in [-0.1, -0.05) is 24.8 Å². The van der Waals surface area contributed by atoms with Gasteiger partial charge in [0.05, 0.1) is 12.1 Å². The van der Waals surface area contributed by atoms with E-state index in [0.29, 0.717) is 10.7 Å². The van der Waals surface area contributed by atoms with Crippen LogP contribution in [0, 0.1) is 0 Å². The van der Waals surface area contributed by atoms with E-state index in [1.165, 1.54) is 11.8 Å². The number of aromatic hydroxyl groups is 1. The molecule has 0 aromatic heterocycles. The number of thioether (sulfide) groups is 1. The Bertz CT molecular complexity index is 472. The Kier molecular flexibility index (Phi) is 3.68. The van der Waals surface area contributed by atoms with Gasteiger partial charge in [0, 0.05) is 5.75 Å². The summed E-state index contributed by atoms with van der Waals surface area (Å²) in [7, 11) is 0. The summed E-state index contributed by atoms with van der Waals surface area (Å²) in [6.07, 6.45) is 0.830. The lowest BCUT2D eigenvalue weighted by Crippen LogP contribution is -2.27. The third kappa shape index (κ3) is 2.79. The Morgan fingerprint density at radius 3 is 3.06 bits per heavy atom. The zero-order valence-corrected chi connectivity index (χ0v) is 10.4. The summed E-state index contributed by atoms with van der Waals surface area (Å²) in [5, 5.41) is 13.0. The van der Waals surface area contributed by atoms with E-state index in [4.69, 9.17) is 0 Å². The molecule has 0 aliphatic carbocycles. The summed E-state index contributed by atoms with van der Waals surface area (Å²) >= 11 is 1.52. The van der Waals surface area contributed by atoms with E-state index in [-0.39, 0.29) is 11.7 Å². The Morgan fingerprint density at radius 2 is 2.41 bits per heavy atom. The Balaban J connectivity index is 2.17. The summed E-state index contributed by atoms with van der Waals surface area (Å²) in [6.45, 7) is 2.74. The van der Waals surface area contributed by atoms with Crippen LogP contribution in [0.2, 0.25) is 0 Å². The lowest BCUT2D eigenvalue weighted by atomic mass is 10.1. The molecule has 1 aliphatic heterocycles. The monoisotopic (exact) mass is 250 g/mol. The molecule has 1 aliphatic rings. The van der Waals surface area contributed by atoms with Crippen molar-refractivity contribution in [2.24, 2.45) is 4.99 Å². The summed E-state index contributed by atoms with van der Waals surface area (Å²) in [4.78, 5) is 16.1. The van der Waals surface area contributed by atoms with Crippen molar-refractivity contribution in [3.8, 4) is 5.75 Å². The largest absolute Gasteiger partial charge is 0.507 e. The molecule has 2 N–H and O–H groups in total. The highest BCUT2D eigenvalue weighted by atomic mass is 32.2. The molecule has 1 aromatic carbocycles. The van der Waals surface area contributed by atoms with Crippen LogP contribution in [-0.4, -0.2) is 28.5 Å². The Hall–Kier alpha value is -1.49. The maximum absolute atomic E-state index is 11.9. The van der Waals surface area contributed by atoms with Crippen molar-refractivity contribution in [2.75, 3.05) is 12.3 Å². The van der Waals surface area contributed by atoms with E-state index in [1.807, 2.05) is 13.0 Å². The van der Waals surface area contributed by atoms with Crippen molar-refractivity contribution in [3.63, 3.8) is 0 Å². The average molecular weight is 250 g/mol. The highest BCUT2D eigenvalue weighted by Crippen LogP contribution is 2.19. The van der Waals surface area contributed by atoms with Gasteiger partial charge in [0.2, 0.25) is 0 Å². The number of hydrogen-bond donors (Lipinski definition) is 2. The number of aliphatic imine (C=N–C) groups is 1. The first-order valence-corrected chi connectivity index (χ1v) is 6.49. The van der Waals surface area contributed by atoms with Gasteiger partial charge in [0.25, 0.3) is 5.91 Å². The van der Waals surface area contributed by atoms with Gasteiger partial charge in [-0.25, -0.2) is 0 Å². The molecule has 0 radical (unpaired) electrons. The fraction of sp³-hybridized carbons (Fsp3) is 0.333. The van der Waals surface area contributed by atoms with Crippen LogP contribution in [0.25, 0.3) is 0 Å². The number of rotatable bonds is 2. The number of carbonyl (C=O) groups is 1. The smallest absolute Gasteiger partial charge is 0.260 e. The minimum atomic E-state index is -0.300. The predicted molar refractivity (Wildman–Crippen MR) is 69.7 cm³/mol. The first-order valence-electron chi connectivity index (χ1n) is 5.51. The quantitative estimate of drug-likeness (QED) is 0.841. The van der Waals surface area contributed by atoms with Crippen LogP contribution in [0.5, 0.6) is 5.75 Å². The lowest BCUT2D eigenvalue weighted by molar-refractivity contribution is 0.0975. The first-order chi connectivity index (χ1) is 8.20. The predicted octanol–water partition coefficient (Wildman–Crippen LogP) is 1.79. The number of benzene rings is 1. The zero-order valence-electron chi connectivity index (χ0n) is 9.56. The molecule has 0 fully saturated rings. The standard InChI is InChI=1S/C12H14N2O2S/c1-2-8-3-4-10(15)9(7-8)11(16)14-12-13-5-6-17-12/h3-4,7,15H,2,5-6H2,1H3,(H,13,14,16). The van der Waals surface area contributed by atoms with Crippen molar-refractivity contribution in [3.05, 3.63) is 29.3 Å². The Morgan fingerprint density at radius 1 is 1.59 bits per heavy atom. The molecule has 0 atom stereocenters. The van der Waals surface area contributed by atoms with Crippen LogP contribution in [0.3, 0.4) is 0 Å². The summed E-state index contributed by atoms with van der Waals surface area (Å²) in [5.74, 6) is 0.602. The van der Waals surface area contributed by atoms with Crippen LogP contribution >= 0.6 is 11.8 Å². The van der Waals surface area contributed by atoms with Gasteiger partial charge in [0.1, 0.15) is 5.75 Å². The molecule has 4 nitrogen and oxygen atoms in total. The van der Waals surface area contributed by atoms with E-state index >= 15 is 0 Å². The van der Waals surface area contributed by atoms with Gasteiger partial charge < -0.3 is 10.4 Å². The number of nitrogens with zero attached hydrogens (tertiary/aromatic N) is 1. The SMILES string of the molecule is CCc1ccc(O)c(C(=O)NC2=NCCS2)c1. The molecular formula is C12H14N2O2S. The van der Waals surface area contributed by atoms with Crippen LogP contribution in [0.1, 0.15) is 22.8 Å². The number of nitrogens with one attached hydrogen (secondary N) is 1. The molecule has 0 spiro atoms. The number of hydrogen-bond acceptors (Lipinski definition) is 4. The fourth-order valence-corrected chi connectivity index (χ4v) is 2.28. The van der Waals surface area contributed by atoms with Crippen molar-refractivity contribution in [1.82, 2.24) is 5.32 Å². The molecule has 2 rings (SSSR count). The van der Waals surface area contributed by atoms with Gasteiger partial charge in [0.15, 0.2) is 5.17 Å². The van der Waals surface area contributed by atoms with Crippen LogP contribution in [0.15, 0.2) is 23.2 Å². The van der Waals surface area contributed by atoms with Crippen molar-refractivity contribution in [1.29, 1.82) is 0 Å². The van der Waals surface area contributed by atoms with Gasteiger partial charge in [-0.3, -0.25) is 9.79 Å². The van der Waals surface area contributed by atoms with E-state index < -0.39 is 0 Å². The number of phenols is 1. The second-order valence-electron chi connectivity index (χ2n) is 3.69. The van der Waals surface area contributed by atoms with E-state index in [2.05, 4.69) is 10.3 Å². The second-order valence-corrected chi connectivity index (χ2v) is 4.78. The molecule has 5 heteroatoms. The van der Waals surface area contributed by atoms with Crippen LogP contribution in [-0.2, 0) is 6.42 Å². The minimum Gasteiger partial charge on any atom is -0.507 e. The molecular weight excluding hydrogens is 236 g/mol. The number of carbonyl (C=O) groups excluding carboxylic acids is 1. The molecule has 0 saturated heterocycles. The zero-order chi connectivity index (χ0) is 12.3. The lowest BCUT2D eigenvalue weighted by Gasteiger charge is -2.07. The molecule has 0 saturated carbocycles. The summed E-state index contributed by atoms with van der Waals surface area (Å²) in [6, 6.07) is 5.08. The van der Waals surface area contributed by atoms with Gasteiger partial charge in [-0.05, 0) is 24.1 Å². The molecule has 1 amide bonds. The maximum atomic E-state index is 11.9. The number of amides is 1. The highest BCUT2D eigenvalue weighted by Gasteiger charge is 2.15. The molecule has 90 valence electrons. The van der Waals surface area contributed by atoms with Gasteiger partial charge in [-0.2, -0.15) is 0 Å². The number of amidine groups is 1. The van der Waals surface area contributed by atoms with Crippen molar-refractivity contribution in [2.45, 2.75) is 13.3 Å². The summed E-state index contributed by atoms with van der Waals surface area (Å²) < 4.78 is 0. The van der Waals surface area contributed by atoms with Crippen LogP contribution < -0.4 is 5.32 Å².